The van der Waals surface area contributed by atoms with Crippen molar-refractivity contribution in [2.24, 2.45) is 0 Å². The van der Waals surface area contributed by atoms with Gasteiger partial charge in [-0.15, -0.1) is 0 Å². The number of methoxy groups -OCH3 is 2. The summed E-state index contributed by atoms with van der Waals surface area (Å²) in [5, 5.41) is 0. The van der Waals surface area contributed by atoms with E-state index in [9.17, 15) is 4.79 Å². The minimum absolute atomic E-state index is 0.0257. The van der Waals surface area contributed by atoms with Crippen molar-refractivity contribution in [2.45, 2.75) is 26.1 Å². The first-order valence-corrected chi connectivity index (χ1v) is 7.61. The number of benzene rings is 1. The highest BCUT2D eigenvalue weighted by molar-refractivity contribution is 9.10. The van der Waals surface area contributed by atoms with Crippen molar-refractivity contribution in [3.63, 3.8) is 0 Å². The van der Waals surface area contributed by atoms with Gasteiger partial charge in [-0.1, -0.05) is 0 Å². The number of hydrogen-bond acceptors (Lipinski definition) is 4. The predicted molar refractivity (Wildman–Crippen MR) is 83.2 cm³/mol. The summed E-state index contributed by atoms with van der Waals surface area (Å²) in [4.78, 5) is 14.6. The van der Waals surface area contributed by atoms with Gasteiger partial charge in [0.25, 0.3) is 5.91 Å². The normalized spacial score (nSPS) is 22.0. The van der Waals surface area contributed by atoms with Gasteiger partial charge in [-0.3, -0.25) is 4.79 Å². The van der Waals surface area contributed by atoms with Crippen LogP contribution in [0.5, 0.6) is 11.5 Å². The largest absolute Gasteiger partial charge is 0.497 e. The van der Waals surface area contributed by atoms with Crippen molar-refractivity contribution in [3.8, 4) is 11.5 Å². The summed E-state index contributed by atoms with van der Waals surface area (Å²) < 4.78 is 17.0. The summed E-state index contributed by atoms with van der Waals surface area (Å²) in [5.74, 6) is 1.06. The number of rotatable bonds is 3. The number of nitrogens with zero attached hydrogens (tertiary/aromatic N) is 1. The lowest BCUT2D eigenvalue weighted by Crippen LogP contribution is -2.48. The van der Waals surface area contributed by atoms with Crippen LogP contribution in [0, 0.1) is 0 Å². The highest BCUT2D eigenvalue weighted by Crippen LogP contribution is 2.34. The van der Waals surface area contributed by atoms with Crippen LogP contribution in [0.25, 0.3) is 0 Å². The van der Waals surface area contributed by atoms with Gasteiger partial charge >= 0.3 is 0 Å². The molecule has 2 atom stereocenters. The number of halogens is 1. The monoisotopic (exact) mass is 357 g/mol. The molecule has 0 bridgehead atoms. The van der Waals surface area contributed by atoms with Crippen molar-refractivity contribution in [1.29, 1.82) is 0 Å². The Balaban J connectivity index is 2.35. The lowest BCUT2D eigenvalue weighted by molar-refractivity contribution is -0.0586. The number of amides is 1. The van der Waals surface area contributed by atoms with Crippen LogP contribution in [-0.4, -0.2) is 50.3 Å². The van der Waals surface area contributed by atoms with Gasteiger partial charge in [0, 0.05) is 13.1 Å². The van der Waals surface area contributed by atoms with E-state index < -0.39 is 0 Å². The SMILES string of the molecule is COc1cc(Br)c(OC)c(C(=O)N2C[C@H](C)O[C@@H](C)C2)c1. The van der Waals surface area contributed by atoms with E-state index in [2.05, 4.69) is 15.9 Å². The van der Waals surface area contributed by atoms with E-state index in [1.165, 1.54) is 0 Å². The predicted octanol–water partition coefficient (Wildman–Crippen LogP) is 2.72. The smallest absolute Gasteiger partial charge is 0.257 e. The summed E-state index contributed by atoms with van der Waals surface area (Å²) in [6.45, 7) is 5.08. The molecule has 0 saturated carbocycles. The highest BCUT2D eigenvalue weighted by Gasteiger charge is 2.29. The van der Waals surface area contributed by atoms with Crippen LogP contribution in [0.3, 0.4) is 0 Å². The molecule has 116 valence electrons. The first-order valence-electron chi connectivity index (χ1n) is 6.82. The second-order valence-electron chi connectivity index (χ2n) is 5.16. The maximum atomic E-state index is 12.8. The molecular weight excluding hydrogens is 338 g/mol. The first kappa shape index (κ1) is 16.1. The number of ether oxygens (including phenoxy) is 3. The quantitative estimate of drug-likeness (QED) is 0.834. The molecule has 1 fully saturated rings. The second-order valence-corrected chi connectivity index (χ2v) is 6.01. The van der Waals surface area contributed by atoms with Crippen molar-refractivity contribution in [2.75, 3.05) is 27.3 Å². The molecule has 1 aliphatic rings. The van der Waals surface area contributed by atoms with Crippen molar-refractivity contribution in [3.05, 3.63) is 22.2 Å². The molecule has 1 aromatic carbocycles. The Kier molecular flexibility index (Phi) is 5.11. The Bertz CT molecular complexity index is 525. The first-order chi connectivity index (χ1) is 9.96. The second kappa shape index (κ2) is 6.66. The topological polar surface area (TPSA) is 48.0 Å². The minimum atomic E-state index is -0.0755. The van der Waals surface area contributed by atoms with Gasteiger partial charge < -0.3 is 19.1 Å². The molecule has 0 aromatic heterocycles. The van der Waals surface area contributed by atoms with Gasteiger partial charge in [0.1, 0.15) is 11.5 Å². The molecule has 0 radical (unpaired) electrons. The van der Waals surface area contributed by atoms with E-state index in [1.807, 2.05) is 13.8 Å². The molecule has 1 aromatic rings. The molecule has 6 heteroatoms. The maximum absolute atomic E-state index is 12.8. The average molecular weight is 358 g/mol. The molecule has 2 rings (SSSR count). The Labute approximate surface area is 133 Å². The number of hydrogen-bond donors (Lipinski definition) is 0. The van der Waals surface area contributed by atoms with Crippen LogP contribution in [-0.2, 0) is 4.74 Å². The Morgan fingerprint density at radius 1 is 1.24 bits per heavy atom. The van der Waals surface area contributed by atoms with E-state index in [-0.39, 0.29) is 18.1 Å². The lowest BCUT2D eigenvalue weighted by atomic mass is 10.1. The summed E-state index contributed by atoms with van der Waals surface area (Å²) in [6, 6.07) is 3.48. The van der Waals surface area contributed by atoms with Gasteiger partial charge in [0.15, 0.2) is 0 Å². The molecule has 0 aliphatic carbocycles. The summed E-state index contributed by atoms with van der Waals surface area (Å²) in [5.41, 5.74) is 0.491. The lowest BCUT2D eigenvalue weighted by Gasteiger charge is -2.35. The number of morpholine rings is 1. The van der Waals surface area contributed by atoms with Crippen LogP contribution >= 0.6 is 15.9 Å². The van der Waals surface area contributed by atoms with E-state index in [0.717, 1.165) is 0 Å². The molecule has 5 nitrogen and oxygen atoms in total. The Morgan fingerprint density at radius 3 is 2.38 bits per heavy atom. The van der Waals surface area contributed by atoms with E-state index in [1.54, 1.807) is 31.3 Å². The van der Waals surface area contributed by atoms with Crippen molar-refractivity contribution < 1.29 is 19.0 Å². The zero-order valence-corrected chi connectivity index (χ0v) is 14.3. The van der Waals surface area contributed by atoms with Gasteiger partial charge in [0.05, 0.1) is 36.5 Å². The van der Waals surface area contributed by atoms with Crippen molar-refractivity contribution >= 4 is 21.8 Å². The zero-order valence-electron chi connectivity index (χ0n) is 12.7. The van der Waals surface area contributed by atoms with Crippen LogP contribution in [0.2, 0.25) is 0 Å². The zero-order chi connectivity index (χ0) is 15.6. The molecule has 21 heavy (non-hydrogen) atoms. The fourth-order valence-electron chi connectivity index (χ4n) is 2.57. The van der Waals surface area contributed by atoms with Gasteiger partial charge in [-0.05, 0) is 41.9 Å². The molecule has 0 N–H and O–H groups in total. The third-order valence-electron chi connectivity index (χ3n) is 3.39. The average Bonchev–Trinajstić information content (AvgIpc) is 2.44. The highest BCUT2D eigenvalue weighted by atomic mass is 79.9. The molecule has 0 spiro atoms. The van der Waals surface area contributed by atoms with Crippen LogP contribution in [0.4, 0.5) is 0 Å². The fourth-order valence-corrected chi connectivity index (χ4v) is 3.17. The van der Waals surface area contributed by atoms with Gasteiger partial charge in [-0.2, -0.15) is 0 Å². The summed E-state index contributed by atoms with van der Waals surface area (Å²) >= 11 is 3.41. The molecule has 1 heterocycles. The van der Waals surface area contributed by atoms with E-state index in [4.69, 9.17) is 14.2 Å². The molecule has 0 unspecified atom stereocenters. The van der Waals surface area contributed by atoms with E-state index in [0.29, 0.717) is 34.6 Å². The number of carbonyl (C=O) groups is 1. The van der Waals surface area contributed by atoms with Crippen LogP contribution in [0.15, 0.2) is 16.6 Å². The van der Waals surface area contributed by atoms with E-state index >= 15 is 0 Å². The molecule has 1 amide bonds. The third-order valence-corrected chi connectivity index (χ3v) is 3.98. The molecule has 1 saturated heterocycles. The fraction of sp³-hybridized carbons (Fsp3) is 0.533. The third kappa shape index (κ3) is 3.49. The Morgan fingerprint density at radius 2 is 1.86 bits per heavy atom. The number of carbonyl (C=O) groups excluding carboxylic acids is 1. The van der Waals surface area contributed by atoms with Crippen molar-refractivity contribution in [1.82, 2.24) is 4.90 Å². The maximum Gasteiger partial charge on any atom is 0.257 e. The Hall–Kier alpha value is -1.27. The summed E-state index contributed by atoms with van der Waals surface area (Å²) in [6.07, 6.45) is 0.0514. The van der Waals surface area contributed by atoms with Crippen LogP contribution < -0.4 is 9.47 Å². The molecular formula is C15H20BrNO4. The summed E-state index contributed by atoms with van der Waals surface area (Å²) in [7, 11) is 3.12. The van der Waals surface area contributed by atoms with Gasteiger partial charge in [0.2, 0.25) is 0 Å². The minimum Gasteiger partial charge on any atom is -0.497 e. The van der Waals surface area contributed by atoms with Crippen LogP contribution in [0.1, 0.15) is 24.2 Å². The standard InChI is InChI=1S/C15H20BrNO4/c1-9-7-17(8-10(2)21-9)15(18)12-5-11(19-3)6-13(16)14(12)20-4/h5-6,9-10H,7-8H2,1-4H3/t9-,10-/m0/s1. The molecule has 1 aliphatic heterocycles. The van der Waals surface area contributed by atoms with Gasteiger partial charge in [-0.25, -0.2) is 0 Å².